The maximum atomic E-state index is 12.3. The highest BCUT2D eigenvalue weighted by atomic mass is 16.5. The highest BCUT2D eigenvalue weighted by Crippen LogP contribution is 2.12. The second kappa shape index (κ2) is 6.78. The topological polar surface area (TPSA) is 72.6 Å². The average Bonchev–Trinajstić information content (AvgIpc) is 2.35. The van der Waals surface area contributed by atoms with Crippen LogP contribution >= 0.6 is 0 Å². The first kappa shape index (κ1) is 15.0. The molecule has 1 amide bonds. The molecule has 0 spiro atoms. The number of amides is 1. The molecular weight excluding hydrogens is 244 g/mol. The number of hydrogen-bond donors (Lipinski definition) is 1. The minimum absolute atomic E-state index is 0.0564. The van der Waals surface area contributed by atoms with Crippen molar-refractivity contribution in [1.82, 2.24) is 4.90 Å². The molecule has 0 aromatic heterocycles. The molecule has 1 aromatic carbocycles. The number of carbonyl (C=O) groups excluding carboxylic acids is 2. The predicted octanol–water partition coefficient (Wildman–Crippen LogP) is 1.68. The standard InChI is InChI=1S/C14H20N2O3/c1-4-19-13(17)9-16(10(2)3)14(18)11-6-5-7-12(15)8-11/h5-8,10H,4,9,15H2,1-3H3. The van der Waals surface area contributed by atoms with E-state index < -0.39 is 5.97 Å². The highest BCUT2D eigenvalue weighted by Gasteiger charge is 2.22. The first-order valence-corrected chi connectivity index (χ1v) is 6.27. The number of hydrogen-bond acceptors (Lipinski definition) is 4. The van der Waals surface area contributed by atoms with E-state index in [0.717, 1.165) is 0 Å². The van der Waals surface area contributed by atoms with E-state index in [1.165, 1.54) is 4.90 Å². The van der Waals surface area contributed by atoms with Gasteiger partial charge in [0, 0.05) is 17.3 Å². The van der Waals surface area contributed by atoms with E-state index in [4.69, 9.17) is 10.5 Å². The van der Waals surface area contributed by atoms with Gasteiger partial charge in [0.25, 0.3) is 5.91 Å². The fourth-order valence-corrected chi connectivity index (χ4v) is 1.67. The van der Waals surface area contributed by atoms with Gasteiger partial charge in [0.1, 0.15) is 6.54 Å². The summed E-state index contributed by atoms with van der Waals surface area (Å²) < 4.78 is 4.87. The monoisotopic (exact) mass is 264 g/mol. The van der Waals surface area contributed by atoms with Crippen LogP contribution in [0.5, 0.6) is 0 Å². The quantitative estimate of drug-likeness (QED) is 0.648. The summed E-state index contributed by atoms with van der Waals surface area (Å²) in [6, 6.07) is 6.60. The van der Waals surface area contributed by atoms with Crippen LogP contribution in [0, 0.1) is 0 Å². The zero-order chi connectivity index (χ0) is 14.4. The second-order valence-electron chi connectivity index (χ2n) is 4.46. The summed E-state index contributed by atoms with van der Waals surface area (Å²) in [6.07, 6.45) is 0. The molecule has 0 radical (unpaired) electrons. The zero-order valence-electron chi connectivity index (χ0n) is 11.6. The molecule has 1 rings (SSSR count). The van der Waals surface area contributed by atoms with Gasteiger partial charge in [0.2, 0.25) is 0 Å². The maximum absolute atomic E-state index is 12.3. The summed E-state index contributed by atoms with van der Waals surface area (Å²) in [5.74, 6) is -0.635. The molecular formula is C14H20N2O3. The van der Waals surface area contributed by atoms with Crippen molar-refractivity contribution in [3.8, 4) is 0 Å². The van der Waals surface area contributed by atoms with Gasteiger partial charge in [-0.15, -0.1) is 0 Å². The number of esters is 1. The van der Waals surface area contributed by atoms with E-state index >= 15 is 0 Å². The number of nitrogens with two attached hydrogens (primary N) is 1. The van der Waals surface area contributed by atoms with E-state index in [9.17, 15) is 9.59 Å². The van der Waals surface area contributed by atoms with Gasteiger partial charge in [-0.05, 0) is 39.0 Å². The summed E-state index contributed by atoms with van der Waals surface area (Å²) in [7, 11) is 0. The van der Waals surface area contributed by atoms with Gasteiger partial charge in [-0.3, -0.25) is 9.59 Å². The van der Waals surface area contributed by atoms with Crippen LogP contribution in [0.3, 0.4) is 0 Å². The molecule has 19 heavy (non-hydrogen) atoms. The number of benzene rings is 1. The smallest absolute Gasteiger partial charge is 0.325 e. The lowest BCUT2D eigenvalue weighted by atomic mass is 10.1. The molecule has 0 bridgehead atoms. The summed E-state index contributed by atoms with van der Waals surface area (Å²) in [5.41, 5.74) is 6.65. The Morgan fingerprint density at radius 3 is 2.58 bits per heavy atom. The molecule has 5 nitrogen and oxygen atoms in total. The van der Waals surface area contributed by atoms with Crippen LogP contribution in [0.2, 0.25) is 0 Å². The zero-order valence-corrected chi connectivity index (χ0v) is 11.6. The number of nitrogen functional groups attached to an aromatic ring is 1. The van der Waals surface area contributed by atoms with Crippen molar-refractivity contribution in [2.24, 2.45) is 0 Å². The van der Waals surface area contributed by atoms with Gasteiger partial charge in [0.15, 0.2) is 0 Å². The van der Waals surface area contributed by atoms with Gasteiger partial charge in [0.05, 0.1) is 6.61 Å². The first-order chi connectivity index (χ1) is 8.95. The Morgan fingerprint density at radius 1 is 1.37 bits per heavy atom. The van der Waals surface area contributed by atoms with Crippen molar-refractivity contribution in [2.45, 2.75) is 26.8 Å². The van der Waals surface area contributed by atoms with Gasteiger partial charge in [-0.1, -0.05) is 6.07 Å². The van der Waals surface area contributed by atoms with Crippen LogP contribution in [0.4, 0.5) is 5.69 Å². The summed E-state index contributed by atoms with van der Waals surface area (Å²) in [6.45, 7) is 5.68. The fourth-order valence-electron chi connectivity index (χ4n) is 1.67. The number of anilines is 1. The molecule has 2 N–H and O–H groups in total. The highest BCUT2D eigenvalue weighted by molar-refractivity contribution is 5.96. The van der Waals surface area contributed by atoms with Crippen molar-refractivity contribution in [3.63, 3.8) is 0 Å². The molecule has 0 unspecified atom stereocenters. The van der Waals surface area contributed by atoms with Gasteiger partial charge in [-0.25, -0.2) is 0 Å². The van der Waals surface area contributed by atoms with Gasteiger partial charge >= 0.3 is 5.97 Å². The van der Waals surface area contributed by atoms with Crippen molar-refractivity contribution in [2.75, 3.05) is 18.9 Å². The van der Waals surface area contributed by atoms with Gasteiger partial charge in [-0.2, -0.15) is 0 Å². The minimum atomic E-state index is -0.409. The van der Waals surface area contributed by atoms with Crippen LogP contribution in [0.25, 0.3) is 0 Å². The lowest BCUT2D eigenvalue weighted by Crippen LogP contribution is -2.41. The molecule has 104 valence electrons. The van der Waals surface area contributed by atoms with Crippen molar-refractivity contribution < 1.29 is 14.3 Å². The molecule has 0 heterocycles. The van der Waals surface area contributed by atoms with Crippen LogP contribution in [0.1, 0.15) is 31.1 Å². The average molecular weight is 264 g/mol. The SMILES string of the molecule is CCOC(=O)CN(C(=O)c1cccc(N)c1)C(C)C. The molecule has 1 aromatic rings. The van der Waals surface area contributed by atoms with Gasteiger partial charge < -0.3 is 15.4 Å². The third kappa shape index (κ3) is 4.28. The minimum Gasteiger partial charge on any atom is -0.465 e. The number of ether oxygens (including phenoxy) is 1. The van der Waals surface area contributed by atoms with Crippen LogP contribution in [-0.4, -0.2) is 36.0 Å². The molecule has 0 saturated heterocycles. The fraction of sp³-hybridized carbons (Fsp3) is 0.429. The van der Waals surface area contributed by atoms with Crippen molar-refractivity contribution in [3.05, 3.63) is 29.8 Å². The van der Waals surface area contributed by atoms with Crippen molar-refractivity contribution >= 4 is 17.6 Å². The molecule has 0 aliphatic rings. The molecule has 5 heteroatoms. The Kier molecular flexibility index (Phi) is 5.36. The van der Waals surface area contributed by atoms with Crippen molar-refractivity contribution in [1.29, 1.82) is 0 Å². The Labute approximate surface area is 113 Å². The second-order valence-corrected chi connectivity index (χ2v) is 4.46. The van der Waals surface area contributed by atoms with Crippen LogP contribution < -0.4 is 5.73 Å². The third-order valence-corrected chi connectivity index (χ3v) is 2.62. The van der Waals surface area contributed by atoms with E-state index in [0.29, 0.717) is 17.9 Å². The Balaban J connectivity index is 2.87. The molecule has 0 aliphatic carbocycles. The normalized spacial score (nSPS) is 10.3. The lowest BCUT2D eigenvalue weighted by Gasteiger charge is -2.25. The van der Waals surface area contributed by atoms with E-state index in [2.05, 4.69) is 0 Å². The third-order valence-electron chi connectivity index (χ3n) is 2.62. The first-order valence-electron chi connectivity index (χ1n) is 6.27. The summed E-state index contributed by atoms with van der Waals surface area (Å²) in [4.78, 5) is 25.3. The Hall–Kier alpha value is -2.04. The predicted molar refractivity (Wildman–Crippen MR) is 73.7 cm³/mol. The largest absolute Gasteiger partial charge is 0.465 e. The van der Waals surface area contributed by atoms with Crippen LogP contribution in [-0.2, 0) is 9.53 Å². The molecule has 0 atom stereocenters. The summed E-state index contributed by atoms with van der Waals surface area (Å²) >= 11 is 0. The van der Waals surface area contributed by atoms with Crippen LogP contribution in [0.15, 0.2) is 24.3 Å². The molecule has 0 saturated carbocycles. The Bertz CT molecular complexity index is 458. The number of carbonyl (C=O) groups is 2. The maximum Gasteiger partial charge on any atom is 0.325 e. The Morgan fingerprint density at radius 2 is 2.05 bits per heavy atom. The lowest BCUT2D eigenvalue weighted by molar-refractivity contribution is -0.144. The van der Waals surface area contributed by atoms with E-state index in [1.54, 1.807) is 31.2 Å². The van der Waals surface area contributed by atoms with E-state index in [1.807, 2.05) is 13.8 Å². The molecule has 0 fully saturated rings. The number of nitrogens with zero attached hydrogens (tertiary/aromatic N) is 1. The number of rotatable bonds is 5. The van der Waals surface area contributed by atoms with E-state index in [-0.39, 0.29) is 18.5 Å². The molecule has 0 aliphatic heterocycles. The summed E-state index contributed by atoms with van der Waals surface area (Å²) in [5, 5.41) is 0.